The first-order valence-electron chi connectivity index (χ1n) is 13.0. The summed E-state index contributed by atoms with van der Waals surface area (Å²) in [5.41, 5.74) is 0. The molecule has 0 heterocycles. The molecule has 2 N–H and O–H groups in total. The van der Waals surface area contributed by atoms with Gasteiger partial charge in [-0.25, -0.2) is 0 Å². The van der Waals surface area contributed by atoms with Crippen LogP contribution in [0.4, 0.5) is 0 Å². The molecule has 2 heteroatoms. The number of aliphatic hydroxyl groups is 2. The van der Waals surface area contributed by atoms with Crippen molar-refractivity contribution in [3.05, 3.63) is 0 Å². The van der Waals surface area contributed by atoms with Gasteiger partial charge in [-0.2, -0.15) is 0 Å². The van der Waals surface area contributed by atoms with Gasteiger partial charge in [0.25, 0.3) is 0 Å². The molecule has 0 aliphatic rings. The molecule has 0 fully saturated rings. The minimum Gasteiger partial charge on any atom is -0.396 e. The van der Waals surface area contributed by atoms with Crippen LogP contribution in [-0.2, 0) is 0 Å². The van der Waals surface area contributed by atoms with Gasteiger partial charge < -0.3 is 10.2 Å². The van der Waals surface area contributed by atoms with Gasteiger partial charge in [-0.05, 0) is 18.8 Å². The highest BCUT2D eigenvalue weighted by atomic mass is 16.3. The quantitative estimate of drug-likeness (QED) is 0.190. The third kappa shape index (κ3) is 28.1. The zero-order valence-corrected chi connectivity index (χ0v) is 20.0. The SMILES string of the molecule is CCCCC(CC)CO.CCCCCCCCCCCCCCCCCCO. The van der Waals surface area contributed by atoms with E-state index in [1.54, 1.807) is 0 Å². The van der Waals surface area contributed by atoms with Crippen LogP contribution >= 0.6 is 0 Å². The molecule has 2 nitrogen and oxygen atoms in total. The Bertz CT molecular complexity index is 223. The Balaban J connectivity index is 0. The summed E-state index contributed by atoms with van der Waals surface area (Å²) in [6.45, 7) is 7.35. The Kier molecular flexibility index (Phi) is 31.3. The molecule has 0 spiro atoms. The van der Waals surface area contributed by atoms with Crippen molar-refractivity contribution in [2.24, 2.45) is 5.92 Å². The molecule has 0 bridgehead atoms. The van der Waals surface area contributed by atoms with Crippen LogP contribution in [0.15, 0.2) is 0 Å². The van der Waals surface area contributed by atoms with Gasteiger partial charge in [0.15, 0.2) is 0 Å². The van der Waals surface area contributed by atoms with Gasteiger partial charge in [0, 0.05) is 13.2 Å². The van der Waals surface area contributed by atoms with E-state index in [0.29, 0.717) is 19.1 Å². The molecule has 28 heavy (non-hydrogen) atoms. The van der Waals surface area contributed by atoms with Crippen molar-refractivity contribution in [1.82, 2.24) is 0 Å². The average Bonchev–Trinajstić information content (AvgIpc) is 2.72. The van der Waals surface area contributed by atoms with E-state index in [9.17, 15) is 0 Å². The third-order valence-electron chi connectivity index (χ3n) is 5.81. The molecular formula is C26H56O2. The standard InChI is InChI=1S/C18H38O.C8H18O/c1-2-3-4-5-6-7-8-9-10-11-12-13-14-15-16-17-18-19;1-3-5-6-8(4-2)7-9/h19H,2-18H2,1H3;8-9H,3-7H2,1-2H3. The van der Waals surface area contributed by atoms with E-state index in [1.165, 1.54) is 116 Å². The van der Waals surface area contributed by atoms with E-state index < -0.39 is 0 Å². The highest BCUT2D eigenvalue weighted by Crippen LogP contribution is 2.13. The van der Waals surface area contributed by atoms with Crippen LogP contribution in [0, 0.1) is 5.92 Å². The lowest BCUT2D eigenvalue weighted by Gasteiger charge is -2.08. The van der Waals surface area contributed by atoms with Crippen molar-refractivity contribution < 1.29 is 10.2 Å². The van der Waals surface area contributed by atoms with E-state index in [0.717, 1.165) is 12.8 Å². The van der Waals surface area contributed by atoms with E-state index >= 15 is 0 Å². The first kappa shape index (κ1) is 30.1. The average molecular weight is 401 g/mol. The molecule has 1 atom stereocenters. The van der Waals surface area contributed by atoms with Crippen molar-refractivity contribution >= 4 is 0 Å². The summed E-state index contributed by atoms with van der Waals surface area (Å²) in [6.07, 6.45) is 27.0. The molecule has 0 rings (SSSR count). The molecule has 1 unspecified atom stereocenters. The first-order chi connectivity index (χ1) is 13.8. The maximum Gasteiger partial charge on any atom is 0.0459 e. The first-order valence-corrected chi connectivity index (χ1v) is 13.0. The normalized spacial score (nSPS) is 11.9. The molecule has 0 radical (unpaired) electrons. The Morgan fingerprint density at radius 1 is 0.464 bits per heavy atom. The van der Waals surface area contributed by atoms with E-state index in [1.807, 2.05) is 0 Å². The predicted molar refractivity (Wildman–Crippen MR) is 127 cm³/mol. The van der Waals surface area contributed by atoms with E-state index in [-0.39, 0.29) is 0 Å². The van der Waals surface area contributed by atoms with E-state index in [2.05, 4.69) is 20.8 Å². The second-order valence-electron chi connectivity index (χ2n) is 8.63. The number of rotatable bonds is 21. The van der Waals surface area contributed by atoms with Gasteiger partial charge in [0.05, 0.1) is 0 Å². The van der Waals surface area contributed by atoms with Gasteiger partial charge in [0.2, 0.25) is 0 Å². The fourth-order valence-corrected chi connectivity index (χ4v) is 3.58. The molecule has 0 aliphatic carbocycles. The summed E-state index contributed by atoms with van der Waals surface area (Å²) in [6, 6.07) is 0. The molecule has 0 saturated heterocycles. The summed E-state index contributed by atoms with van der Waals surface area (Å²) in [5.74, 6) is 0.560. The van der Waals surface area contributed by atoms with E-state index in [4.69, 9.17) is 10.2 Å². The second kappa shape index (κ2) is 29.1. The van der Waals surface area contributed by atoms with Crippen LogP contribution in [0.3, 0.4) is 0 Å². The van der Waals surface area contributed by atoms with Crippen LogP contribution in [0.1, 0.15) is 149 Å². The third-order valence-corrected chi connectivity index (χ3v) is 5.81. The Morgan fingerprint density at radius 3 is 1.11 bits per heavy atom. The molecule has 0 amide bonds. The van der Waals surface area contributed by atoms with Gasteiger partial charge in [-0.3, -0.25) is 0 Å². The van der Waals surface area contributed by atoms with Crippen LogP contribution in [-0.4, -0.2) is 23.4 Å². The van der Waals surface area contributed by atoms with Gasteiger partial charge in [-0.15, -0.1) is 0 Å². The zero-order chi connectivity index (χ0) is 21.1. The lowest BCUT2D eigenvalue weighted by molar-refractivity contribution is 0.212. The second-order valence-corrected chi connectivity index (χ2v) is 8.63. The van der Waals surface area contributed by atoms with Gasteiger partial charge >= 0.3 is 0 Å². The van der Waals surface area contributed by atoms with Crippen molar-refractivity contribution in [3.63, 3.8) is 0 Å². The van der Waals surface area contributed by atoms with Gasteiger partial charge in [0.1, 0.15) is 0 Å². The molecule has 0 aromatic heterocycles. The predicted octanol–water partition coefficient (Wildman–Crippen LogP) is 8.44. The van der Waals surface area contributed by atoms with Crippen LogP contribution in [0.2, 0.25) is 0 Å². The van der Waals surface area contributed by atoms with Crippen molar-refractivity contribution in [2.75, 3.05) is 13.2 Å². The highest BCUT2D eigenvalue weighted by molar-refractivity contribution is 4.53. The number of hydrogen-bond donors (Lipinski definition) is 2. The fraction of sp³-hybridized carbons (Fsp3) is 1.00. The van der Waals surface area contributed by atoms with Crippen LogP contribution < -0.4 is 0 Å². The molecule has 0 aromatic carbocycles. The summed E-state index contributed by atoms with van der Waals surface area (Å²) in [5, 5.41) is 17.4. The monoisotopic (exact) mass is 400 g/mol. The molecule has 172 valence electrons. The van der Waals surface area contributed by atoms with Crippen LogP contribution in [0.25, 0.3) is 0 Å². The zero-order valence-electron chi connectivity index (χ0n) is 20.0. The molecule has 0 aromatic rings. The highest BCUT2D eigenvalue weighted by Gasteiger charge is 2.01. The number of unbranched alkanes of at least 4 members (excludes halogenated alkanes) is 16. The Hall–Kier alpha value is -0.0800. The lowest BCUT2D eigenvalue weighted by Crippen LogP contribution is -2.03. The van der Waals surface area contributed by atoms with Crippen molar-refractivity contribution in [3.8, 4) is 0 Å². The summed E-state index contributed by atoms with van der Waals surface area (Å²) >= 11 is 0. The topological polar surface area (TPSA) is 40.5 Å². The Labute approximate surface area is 178 Å². The number of aliphatic hydroxyl groups excluding tert-OH is 2. The molecular weight excluding hydrogens is 344 g/mol. The summed E-state index contributed by atoms with van der Waals surface area (Å²) in [7, 11) is 0. The Morgan fingerprint density at radius 2 is 0.821 bits per heavy atom. The van der Waals surface area contributed by atoms with Crippen molar-refractivity contribution in [2.45, 2.75) is 149 Å². The fourth-order valence-electron chi connectivity index (χ4n) is 3.58. The minimum atomic E-state index is 0.372. The summed E-state index contributed by atoms with van der Waals surface area (Å²) in [4.78, 5) is 0. The summed E-state index contributed by atoms with van der Waals surface area (Å²) < 4.78 is 0. The maximum absolute atomic E-state index is 8.75. The number of hydrogen-bond acceptors (Lipinski definition) is 2. The maximum atomic E-state index is 8.75. The van der Waals surface area contributed by atoms with Crippen LogP contribution in [0.5, 0.6) is 0 Å². The molecule has 0 saturated carbocycles. The molecule has 0 aliphatic heterocycles. The minimum absolute atomic E-state index is 0.372. The largest absolute Gasteiger partial charge is 0.396 e. The van der Waals surface area contributed by atoms with Crippen molar-refractivity contribution in [1.29, 1.82) is 0 Å². The van der Waals surface area contributed by atoms with Gasteiger partial charge in [-0.1, -0.05) is 136 Å². The smallest absolute Gasteiger partial charge is 0.0459 e. The lowest BCUT2D eigenvalue weighted by atomic mass is 10.0.